The predicted molar refractivity (Wildman–Crippen MR) is 267 cm³/mol. The molecule has 0 bridgehead atoms. The third-order valence-corrected chi connectivity index (χ3v) is 13.5. The third-order valence-electron chi connectivity index (χ3n) is 13.5. The summed E-state index contributed by atoms with van der Waals surface area (Å²) in [5.74, 6) is 0.0344. The van der Waals surface area contributed by atoms with Crippen molar-refractivity contribution < 1.29 is 9.53 Å². The topological polar surface area (TPSA) is 26.3 Å². The Morgan fingerprint density at radius 3 is 0.559 bits per heavy atom. The second-order valence-corrected chi connectivity index (χ2v) is 19.6. The van der Waals surface area contributed by atoms with E-state index in [0.29, 0.717) is 13.0 Å². The molecule has 0 amide bonds. The van der Waals surface area contributed by atoms with E-state index in [2.05, 4.69) is 13.8 Å². The molecule has 0 aromatic rings. The monoisotopic (exact) mass is 831 g/mol. The first-order valence-electron chi connectivity index (χ1n) is 28.5. The van der Waals surface area contributed by atoms with Gasteiger partial charge in [0.15, 0.2) is 0 Å². The van der Waals surface area contributed by atoms with Gasteiger partial charge < -0.3 is 4.74 Å². The van der Waals surface area contributed by atoms with E-state index in [1.807, 2.05) is 0 Å². The average molecular weight is 832 g/mol. The highest BCUT2D eigenvalue weighted by Crippen LogP contribution is 2.18. The zero-order valence-corrected chi connectivity index (χ0v) is 41.5. The first-order chi connectivity index (χ1) is 29.3. The van der Waals surface area contributed by atoms with Crippen molar-refractivity contribution in [1.82, 2.24) is 0 Å². The van der Waals surface area contributed by atoms with Gasteiger partial charge in [-0.25, -0.2) is 0 Å². The van der Waals surface area contributed by atoms with Gasteiger partial charge >= 0.3 is 5.97 Å². The number of carbonyl (C=O) groups is 1. The molecule has 354 valence electrons. The van der Waals surface area contributed by atoms with E-state index in [9.17, 15) is 4.79 Å². The van der Waals surface area contributed by atoms with Gasteiger partial charge in [-0.2, -0.15) is 0 Å². The van der Waals surface area contributed by atoms with Crippen LogP contribution in [0.2, 0.25) is 0 Å². The van der Waals surface area contributed by atoms with E-state index in [0.717, 1.165) is 12.8 Å². The van der Waals surface area contributed by atoms with E-state index < -0.39 is 0 Å². The second kappa shape index (κ2) is 55.5. The van der Waals surface area contributed by atoms with Crippen LogP contribution in [0, 0.1) is 0 Å². The van der Waals surface area contributed by atoms with Crippen molar-refractivity contribution in [2.24, 2.45) is 0 Å². The van der Waals surface area contributed by atoms with Crippen LogP contribution >= 0.6 is 0 Å². The van der Waals surface area contributed by atoms with Crippen LogP contribution in [0.5, 0.6) is 0 Å². The Labute approximate surface area is 374 Å². The van der Waals surface area contributed by atoms with E-state index in [1.54, 1.807) is 0 Å². The van der Waals surface area contributed by atoms with Crippen LogP contribution in [-0.4, -0.2) is 12.6 Å². The van der Waals surface area contributed by atoms with Crippen molar-refractivity contribution >= 4 is 5.97 Å². The molecule has 2 nitrogen and oxygen atoms in total. The lowest BCUT2D eigenvalue weighted by atomic mass is 10.0. The van der Waals surface area contributed by atoms with Crippen molar-refractivity contribution in [2.45, 2.75) is 354 Å². The van der Waals surface area contributed by atoms with Gasteiger partial charge in [0.05, 0.1) is 6.61 Å². The van der Waals surface area contributed by atoms with E-state index >= 15 is 0 Å². The Kier molecular flexibility index (Phi) is 55.0. The van der Waals surface area contributed by atoms with Crippen molar-refractivity contribution in [3.8, 4) is 0 Å². The number of esters is 1. The summed E-state index contributed by atoms with van der Waals surface area (Å²) in [5, 5.41) is 0. The molecular weight excluding hydrogens is 717 g/mol. The van der Waals surface area contributed by atoms with Crippen LogP contribution in [0.1, 0.15) is 354 Å². The maximum Gasteiger partial charge on any atom is 0.305 e. The summed E-state index contributed by atoms with van der Waals surface area (Å²) < 4.78 is 5.50. The van der Waals surface area contributed by atoms with Crippen LogP contribution in [-0.2, 0) is 9.53 Å². The first-order valence-corrected chi connectivity index (χ1v) is 28.5. The molecule has 0 fully saturated rings. The number of unbranched alkanes of at least 4 members (excludes halogenated alkanes) is 50. The van der Waals surface area contributed by atoms with Crippen LogP contribution in [0.25, 0.3) is 0 Å². The molecule has 0 aromatic carbocycles. The molecule has 0 aliphatic heterocycles. The minimum absolute atomic E-state index is 0.0344. The third kappa shape index (κ3) is 55.5. The SMILES string of the molecule is CCCCCCCCCCCCCCCCCCCCCCCCCCCCCCCCCCCCCOC(=O)CCCCCCCCCCCCCCCCCCC. The van der Waals surface area contributed by atoms with Gasteiger partial charge in [-0.1, -0.05) is 335 Å². The molecule has 0 unspecified atom stereocenters. The van der Waals surface area contributed by atoms with E-state index in [-0.39, 0.29) is 5.97 Å². The minimum atomic E-state index is 0.0344. The van der Waals surface area contributed by atoms with Crippen molar-refractivity contribution in [3.63, 3.8) is 0 Å². The summed E-state index contributed by atoms with van der Waals surface area (Å²) in [4.78, 5) is 12.1. The van der Waals surface area contributed by atoms with Crippen LogP contribution in [0.3, 0.4) is 0 Å². The van der Waals surface area contributed by atoms with Crippen molar-refractivity contribution in [3.05, 3.63) is 0 Å². The molecule has 0 saturated heterocycles. The van der Waals surface area contributed by atoms with Crippen LogP contribution in [0.4, 0.5) is 0 Å². The number of carbonyl (C=O) groups excluding carboxylic acids is 1. The molecule has 2 heteroatoms. The Bertz CT molecular complexity index is 732. The number of ether oxygens (including phenoxy) is 1. The molecule has 0 aliphatic carbocycles. The summed E-state index contributed by atoms with van der Waals surface area (Å²) in [6.07, 6.45) is 74.3. The largest absolute Gasteiger partial charge is 0.466 e. The molecule has 0 aromatic heterocycles. The summed E-state index contributed by atoms with van der Waals surface area (Å²) in [7, 11) is 0. The fraction of sp³-hybridized carbons (Fsp3) is 0.982. The quantitative estimate of drug-likeness (QED) is 0.0451. The first kappa shape index (κ1) is 58.5. The van der Waals surface area contributed by atoms with Gasteiger partial charge in [0.1, 0.15) is 0 Å². The molecule has 0 spiro atoms. The molecule has 0 heterocycles. The number of hydrogen-bond donors (Lipinski definition) is 0. The van der Waals surface area contributed by atoms with Gasteiger partial charge in [0, 0.05) is 6.42 Å². The highest BCUT2D eigenvalue weighted by Gasteiger charge is 2.03. The Hall–Kier alpha value is -0.530. The molecule has 0 rings (SSSR count). The molecule has 0 atom stereocenters. The van der Waals surface area contributed by atoms with Crippen LogP contribution < -0.4 is 0 Å². The number of hydrogen-bond acceptors (Lipinski definition) is 2. The van der Waals surface area contributed by atoms with Gasteiger partial charge in [0.25, 0.3) is 0 Å². The normalized spacial score (nSPS) is 11.6. The zero-order chi connectivity index (χ0) is 42.5. The van der Waals surface area contributed by atoms with Gasteiger partial charge in [-0.15, -0.1) is 0 Å². The smallest absolute Gasteiger partial charge is 0.305 e. The lowest BCUT2D eigenvalue weighted by Gasteiger charge is -2.06. The highest BCUT2D eigenvalue weighted by atomic mass is 16.5. The fourth-order valence-electron chi connectivity index (χ4n) is 9.26. The Morgan fingerprint density at radius 2 is 0.373 bits per heavy atom. The molecule has 0 aliphatic rings. The molecule has 0 radical (unpaired) electrons. The second-order valence-electron chi connectivity index (χ2n) is 19.6. The maximum absolute atomic E-state index is 12.1. The van der Waals surface area contributed by atoms with E-state index in [4.69, 9.17) is 4.74 Å². The molecule has 59 heavy (non-hydrogen) atoms. The van der Waals surface area contributed by atoms with Crippen LogP contribution in [0.15, 0.2) is 0 Å². The van der Waals surface area contributed by atoms with E-state index in [1.165, 1.54) is 321 Å². The van der Waals surface area contributed by atoms with Crippen molar-refractivity contribution in [2.75, 3.05) is 6.61 Å². The molecule has 0 N–H and O–H groups in total. The standard InChI is InChI=1S/C57H114O2/c1-3-5-7-9-11-13-15-17-19-21-22-23-24-25-26-27-28-29-30-31-32-33-34-35-36-37-38-40-42-44-46-48-50-52-54-56-59-57(58)55-53-51-49-47-45-43-41-39-20-18-16-14-12-10-8-6-4-2/h3-56H2,1-2H3. The summed E-state index contributed by atoms with van der Waals surface area (Å²) in [6, 6.07) is 0. The van der Waals surface area contributed by atoms with Gasteiger partial charge in [0.2, 0.25) is 0 Å². The fourth-order valence-corrected chi connectivity index (χ4v) is 9.26. The lowest BCUT2D eigenvalue weighted by molar-refractivity contribution is -0.143. The summed E-state index contributed by atoms with van der Waals surface area (Å²) >= 11 is 0. The van der Waals surface area contributed by atoms with Crippen molar-refractivity contribution in [1.29, 1.82) is 0 Å². The minimum Gasteiger partial charge on any atom is -0.466 e. The highest BCUT2D eigenvalue weighted by molar-refractivity contribution is 5.69. The predicted octanol–water partition coefficient (Wildman–Crippen LogP) is 21.2. The summed E-state index contributed by atoms with van der Waals surface area (Å²) in [6.45, 7) is 5.24. The summed E-state index contributed by atoms with van der Waals surface area (Å²) in [5.41, 5.74) is 0. The maximum atomic E-state index is 12.1. The number of rotatable bonds is 54. The van der Waals surface area contributed by atoms with Gasteiger partial charge in [-0.05, 0) is 12.8 Å². The zero-order valence-electron chi connectivity index (χ0n) is 41.5. The molecule has 0 saturated carbocycles. The Morgan fingerprint density at radius 1 is 0.220 bits per heavy atom. The average Bonchev–Trinajstić information content (AvgIpc) is 3.24. The van der Waals surface area contributed by atoms with Gasteiger partial charge in [-0.3, -0.25) is 4.79 Å². The lowest BCUT2D eigenvalue weighted by Crippen LogP contribution is -2.05. The Balaban J connectivity index is 3.13. The molecular formula is C57H114O2.